The Morgan fingerprint density at radius 1 is 1.77 bits per heavy atom. The Bertz CT molecular complexity index is 352. The molecule has 1 aromatic heterocycles. The molecule has 1 N–H and O–H groups in total. The molecule has 0 aliphatic carbocycles. The topological polar surface area (TPSA) is 81.3 Å². The number of rotatable bonds is 3. The van der Waals surface area contributed by atoms with Crippen molar-refractivity contribution < 1.29 is 19.0 Å². The van der Waals surface area contributed by atoms with Crippen LogP contribution in [0.1, 0.15) is 26.0 Å². The van der Waals surface area contributed by atoms with Crippen molar-refractivity contribution in [3.63, 3.8) is 0 Å². The molecule has 0 spiro atoms. The van der Waals surface area contributed by atoms with Gasteiger partial charge >= 0.3 is 5.97 Å². The molecular weight excluding hydrogens is 174 g/mol. The van der Waals surface area contributed by atoms with Gasteiger partial charge in [-0.2, -0.15) is 4.84 Å². The van der Waals surface area contributed by atoms with Gasteiger partial charge < -0.3 is 4.52 Å². The van der Waals surface area contributed by atoms with Crippen molar-refractivity contribution in [2.24, 2.45) is 0 Å². The summed E-state index contributed by atoms with van der Waals surface area (Å²) in [6, 6.07) is 0. The van der Waals surface area contributed by atoms with Gasteiger partial charge in [0, 0.05) is 13.3 Å². The van der Waals surface area contributed by atoms with Gasteiger partial charge in [0.15, 0.2) is 0 Å². The molecule has 0 aliphatic heterocycles. The van der Waals surface area contributed by atoms with E-state index in [1.54, 1.807) is 0 Å². The van der Waals surface area contributed by atoms with Crippen LogP contribution < -0.4 is 20.5 Å². The lowest BCUT2D eigenvalue weighted by molar-refractivity contribution is -0.929. The minimum atomic E-state index is -0.490. The van der Waals surface area contributed by atoms with E-state index in [2.05, 4.69) is 14.6 Å². The minimum Gasteiger partial charge on any atom is -0.483 e. The highest BCUT2D eigenvalue weighted by Crippen LogP contribution is 1.86. The predicted molar refractivity (Wildman–Crippen MR) is 39.3 cm³/mol. The van der Waals surface area contributed by atoms with Crippen LogP contribution in [0.4, 0.5) is 0 Å². The molecule has 0 fully saturated rings. The summed E-state index contributed by atoms with van der Waals surface area (Å²) < 4.78 is 4.55. The molecule has 0 amide bonds. The Morgan fingerprint density at radius 3 is 3.00 bits per heavy atom. The molecule has 72 valence electrons. The molecule has 0 bridgehead atoms. The van der Waals surface area contributed by atoms with Gasteiger partial charge in [-0.3, -0.25) is 5.41 Å². The molecule has 1 aromatic rings. The van der Waals surface area contributed by atoms with E-state index >= 15 is 0 Å². The molecule has 0 radical (unpaired) electrons. The summed E-state index contributed by atoms with van der Waals surface area (Å²) in [5.41, 5.74) is 0.404. The molecule has 0 atom stereocenters. The van der Waals surface area contributed by atoms with Crippen molar-refractivity contribution in [1.82, 2.24) is 5.27 Å². The molecule has 1 rings (SSSR count). The van der Waals surface area contributed by atoms with E-state index in [4.69, 9.17) is 5.41 Å². The normalized spacial score (nSPS) is 10.0. The summed E-state index contributed by atoms with van der Waals surface area (Å²) in [4.78, 5) is 16.2. The number of nitrogens with one attached hydrogen (secondary N) is 1. The zero-order valence-electron chi connectivity index (χ0n) is 7.53. The molecule has 1 heterocycles. The lowest BCUT2D eigenvalue weighted by Crippen LogP contribution is -2.51. The minimum absolute atomic E-state index is 0.0666. The third-order valence-corrected chi connectivity index (χ3v) is 1.40. The van der Waals surface area contributed by atoms with E-state index in [1.807, 2.05) is 6.92 Å². The maximum absolute atomic E-state index is 10.6. The molecule has 0 aromatic carbocycles. The average molecular weight is 185 g/mol. The fourth-order valence-corrected chi connectivity index (χ4v) is 0.906. The van der Waals surface area contributed by atoms with Gasteiger partial charge in [-0.15, -0.1) is 0 Å². The van der Waals surface area contributed by atoms with E-state index < -0.39 is 5.97 Å². The number of aromatic nitrogens is 2. The number of carbonyl (C=O) groups excluding carboxylic acids is 1. The second-order valence-electron chi connectivity index (χ2n) is 2.55. The molecule has 6 heteroatoms. The van der Waals surface area contributed by atoms with Crippen LogP contribution in [0, 0.1) is 5.41 Å². The van der Waals surface area contributed by atoms with Crippen LogP contribution in [-0.4, -0.2) is 5.97 Å². The van der Waals surface area contributed by atoms with Gasteiger partial charge in [-0.25, -0.2) is 10.1 Å². The SMILES string of the molecule is CCCc1c(=N)o[n-][n+]1OC(C)=O. The highest BCUT2D eigenvalue weighted by Gasteiger charge is 2.14. The van der Waals surface area contributed by atoms with Crippen molar-refractivity contribution in [2.75, 3.05) is 0 Å². The Balaban J connectivity index is 2.93. The highest BCUT2D eigenvalue weighted by molar-refractivity contribution is 5.65. The zero-order valence-corrected chi connectivity index (χ0v) is 7.53. The molecule has 0 aliphatic rings. The first-order valence-electron chi connectivity index (χ1n) is 3.96. The van der Waals surface area contributed by atoms with E-state index in [0.29, 0.717) is 12.1 Å². The van der Waals surface area contributed by atoms with Crippen molar-refractivity contribution >= 4 is 5.97 Å². The van der Waals surface area contributed by atoms with E-state index in [0.717, 1.165) is 11.3 Å². The molecular formula is C7H11N3O3. The first kappa shape index (κ1) is 9.50. The van der Waals surface area contributed by atoms with Gasteiger partial charge in [0.25, 0.3) is 11.2 Å². The van der Waals surface area contributed by atoms with E-state index in [-0.39, 0.29) is 5.55 Å². The Morgan fingerprint density at radius 2 is 2.46 bits per heavy atom. The molecule has 0 unspecified atom stereocenters. The number of hydrogen-bond acceptors (Lipinski definition) is 4. The van der Waals surface area contributed by atoms with Crippen molar-refractivity contribution in [1.29, 1.82) is 5.41 Å². The first-order valence-corrected chi connectivity index (χ1v) is 3.96. The van der Waals surface area contributed by atoms with Crippen LogP contribution in [-0.2, 0) is 11.2 Å². The summed E-state index contributed by atoms with van der Waals surface area (Å²) in [7, 11) is 0. The Hall–Kier alpha value is -1.59. The summed E-state index contributed by atoms with van der Waals surface area (Å²) in [6.07, 6.45) is 1.42. The third-order valence-electron chi connectivity index (χ3n) is 1.40. The van der Waals surface area contributed by atoms with Crippen LogP contribution in [0.5, 0.6) is 0 Å². The zero-order chi connectivity index (χ0) is 9.84. The molecule has 6 nitrogen and oxygen atoms in total. The molecule has 13 heavy (non-hydrogen) atoms. The largest absolute Gasteiger partial charge is 0.483 e. The highest BCUT2D eigenvalue weighted by atomic mass is 16.7. The second-order valence-corrected chi connectivity index (χ2v) is 2.55. The summed E-state index contributed by atoms with van der Waals surface area (Å²) in [6.45, 7) is 3.21. The summed E-state index contributed by atoms with van der Waals surface area (Å²) in [5.74, 6) is -0.490. The lowest BCUT2D eigenvalue weighted by atomic mass is 10.3. The van der Waals surface area contributed by atoms with Crippen LogP contribution in [0.25, 0.3) is 0 Å². The Kier molecular flexibility index (Phi) is 2.84. The maximum atomic E-state index is 10.6. The van der Waals surface area contributed by atoms with E-state index in [9.17, 15) is 4.79 Å². The standard InChI is InChI=1S/C7H11N3O3/c1-3-4-6-7(8)12-9-10(6)13-5(2)11/h8H,3-4H2,1-2H3. The van der Waals surface area contributed by atoms with Crippen molar-refractivity contribution in [3.05, 3.63) is 11.2 Å². The fourth-order valence-electron chi connectivity index (χ4n) is 0.906. The quantitative estimate of drug-likeness (QED) is 0.608. The van der Waals surface area contributed by atoms with Gasteiger partial charge in [-0.05, 0) is 11.3 Å². The third kappa shape index (κ3) is 2.17. The van der Waals surface area contributed by atoms with Crippen molar-refractivity contribution in [3.8, 4) is 0 Å². The smallest absolute Gasteiger partial charge is 0.376 e. The Labute approximate surface area is 74.5 Å². The average Bonchev–Trinajstić information content (AvgIpc) is 2.35. The van der Waals surface area contributed by atoms with Gasteiger partial charge in [0.05, 0.1) is 0 Å². The van der Waals surface area contributed by atoms with Crippen LogP contribution in [0.15, 0.2) is 4.52 Å². The fraction of sp³-hybridized carbons (Fsp3) is 0.571. The second kappa shape index (κ2) is 3.88. The van der Waals surface area contributed by atoms with Gasteiger partial charge in [0.2, 0.25) is 0 Å². The number of hydrogen-bond donors (Lipinski definition) is 1. The summed E-state index contributed by atoms with van der Waals surface area (Å²) in [5, 5.41) is 10.7. The van der Waals surface area contributed by atoms with Crippen LogP contribution in [0.3, 0.4) is 0 Å². The van der Waals surface area contributed by atoms with Crippen molar-refractivity contribution in [2.45, 2.75) is 26.7 Å². The molecule has 0 saturated carbocycles. The molecule has 0 saturated heterocycles. The number of carbonyl (C=O) groups is 1. The van der Waals surface area contributed by atoms with E-state index in [1.165, 1.54) is 6.92 Å². The van der Waals surface area contributed by atoms with Crippen LogP contribution >= 0.6 is 0 Å². The first-order chi connectivity index (χ1) is 6.15. The monoisotopic (exact) mass is 185 g/mol. The number of nitrogens with zero attached hydrogens (tertiary/aromatic N) is 2. The predicted octanol–water partition coefficient (Wildman–Crippen LogP) is -1.07. The van der Waals surface area contributed by atoms with Gasteiger partial charge in [-0.1, -0.05) is 6.92 Å². The van der Waals surface area contributed by atoms with Crippen LogP contribution in [0.2, 0.25) is 0 Å². The van der Waals surface area contributed by atoms with Gasteiger partial charge in [0.1, 0.15) is 0 Å². The maximum Gasteiger partial charge on any atom is 0.376 e. The lowest BCUT2D eigenvalue weighted by Gasteiger charge is -1.94. The summed E-state index contributed by atoms with van der Waals surface area (Å²) >= 11 is 0.